The lowest BCUT2D eigenvalue weighted by Crippen LogP contribution is -2.02. The van der Waals surface area contributed by atoms with Crippen molar-refractivity contribution in [3.8, 4) is 0 Å². The summed E-state index contributed by atoms with van der Waals surface area (Å²) in [5.74, 6) is 0. The number of hydrogen-bond donors (Lipinski definition) is 0. The fourth-order valence-corrected chi connectivity index (χ4v) is 11.1. The van der Waals surface area contributed by atoms with Gasteiger partial charge in [-0.05, 0) is 55.2 Å². The molecule has 0 saturated heterocycles. The standard InChI is InChI=1S/C66H126/c1-4-7-10-13-16-19-22-25-28-31-34-37-40-43-46-49-52-55-59-64-61-58-62-65(60-56-53-50-47-44-41-38-35-32-29-26-23-20-17-14-11-8-5-2)66(64)63-57-54-51-48-45-42-39-36-33-30-27-24-21-18-15-12-9-6-3/h58,61-62H,4-57,59-60,63H2,1-3H3. The third-order valence-electron chi connectivity index (χ3n) is 15.7. The van der Waals surface area contributed by atoms with Crippen molar-refractivity contribution in [1.82, 2.24) is 0 Å². The molecule has 1 aromatic carbocycles. The predicted octanol–water partition coefficient (Wildman–Crippen LogP) is 24.4. The van der Waals surface area contributed by atoms with Gasteiger partial charge in [-0.2, -0.15) is 0 Å². The molecule has 0 bridgehead atoms. The van der Waals surface area contributed by atoms with E-state index in [2.05, 4.69) is 39.0 Å². The summed E-state index contributed by atoms with van der Waals surface area (Å²) < 4.78 is 0. The van der Waals surface area contributed by atoms with Gasteiger partial charge in [-0.25, -0.2) is 0 Å². The summed E-state index contributed by atoms with van der Waals surface area (Å²) in [5.41, 5.74) is 5.23. The maximum atomic E-state index is 2.52. The van der Waals surface area contributed by atoms with E-state index < -0.39 is 0 Å². The van der Waals surface area contributed by atoms with Crippen LogP contribution in [0.4, 0.5) is 0 Å². The summed E-state index contributed by atoms with van der Waals surface area (Å²) in [7, 11) is 0. The molecular formula is C66H126. The van der Waals surface area contributed by atoms with Crippen LogP contribution in [0, 0.1) is 0 Å². The van der Waals surface area contributed by atoms with Crippen LogP contribution in [-0.2, 0) is 19.3 Å². The van der Waals surface area contributed by atoms with Gasteiger partial charge in [0.25, 0.3) is 0 Å². The lowest BCUT2D eigenvalue weighted by atomic mass is 9.90. The maximum Gasteiger partial charge on any atom is -0.0273 e. The van der Waals surface area contributed by atoms with E-state index in [-0.39, 0.29) is 0 Å². The Balaban J connectivity index is 2.28. The highest BCUT2D eigenvalue weighted by Gasteiger charge is 2.09. The van der Waals surface area contributed by atoms with E-state index in [9.17, 15) is 0 Å². The van der Waals surface area contributed by atoms with Crippen molar-refractivity contribution in [1.29, 1.82) is 0 Å². The van der Waals surface area contributed by atoms with Crippen LogP contribution in [0.2, 0.25) is 0 Å². The van der Waals surface area contributed by atoms with E-state index in [0.717, 1.165) is 0 Å². The van der Waals surface area contributed by atoms with E-state index in [0.29, 0.717) is 0 Å². The molecule has 0 atom stereocenters. The zero-order valence-corrected chi connectivity index (χ0v) is 46.5. The molecule has 0 N–H and O–H groups in total. The van der Waals surface area contributed by atoms with Crippen molar-refractivity contribution in [2.45, 2.75) is 387 Å². The molecule has 0 fully saturated rings. The van der Waals surface area contributed by atoms with Crippen LogP contribution in [0.1, 0.15) is 384 Å². The Labute approximate surface area is 419 Å². The van der Waals surface area contributed by atoms with Gasteiger partial charge in [-0.1, -0.05) is 366 Å². The summed E-state index contributed by atoms with van der Waals surface area (Å²) >= 11 is 0. The molecule has 1 rings (SSSR count). The van der Waals surface area contributed by atoms with Crippen molar-refractivity contribution in [3.63, 3.8) is 0 Å². The number of hydrogen-bond acceptors (Lipinski definition) is 0. The van der Waals surface area contributed by atoms with Crippen molar-refractivity contribution < 1.29 is 0 Å². The highest BCUT2D eigenvalue weighted by molar-refractivity contribution is 5.36. The lowest BCUT2D eigenvalue weighted by molar-refractivity contribution is 0.523. The molecule has 0 heteroatoms. The van der Waals surface area contributed by atoms with E-state index in [4.69, 9.17) is 0 Å². The van der Waals surface area contributed by atoms with Gasteiger partial charge >= 0.3 is 0 Å². The highest BCUT2D eigenvalue weighted by Crippen LogP contribution is 2.25. The minimum Gasteiger partial charge on any atom is -0.0654 e. The first-order chi connectivity index (χ1) is 32.8. The molecular weight excluding hydrogens is 793 g/mol. The van der Waals surface area contributed by atoms with E-state index >= 15 is 0 Å². The van der Waals surface area contributed by atoms with Gasteiger partial charge in [0, 0.05) is 0 Å². The normalized spacial score (nSPS) is 11.7. The Hall–Kier alpha value is -0.780. The Morgan fingerprint density at radius 3 is 0.515 bits per heavy atom. The van der Waals surface area contributed by atoms with Crippen molar-refractivity contribution >= 4 is 0 Å². The molecule has 0 heterocycles. The molecule has 0 spiro atoms. The number of unbranched alkanes of at least 4 members (excludes halogenated alkanes) is 51. The van der Waals surface area contributed by atoms with Gasteiger partial charge < -0.3 is 0 Å². The molecule has 0 aromatic heterocycles. The molecule has 1 aromatic rings. The first-order valence-corrected chi connectivity index (χ1v) is 31.9. The van der Waals surface area contributed by atoms with Gasteiger partial charge in [0.2, 0.25) is 0 Å². The number of aryl methyl sites for hydroxylation is 2. The molecule has 0 aliphatic heterocycles. The Bertz CT molecular complexity index is 963. The van der Waals surface area contributed by atoms with E-state index in [1.807, 2.05) is 0 Å². The van der Waals surface area contributed by atoms with Crippen LogP contribution in [0.15, 0.2) is 18.2 Å². The van der Waals surface area contributed by atoms with E-state index in [1.54, 1.807) is 16.7 Å². The molecule has 0 amide bonds. The van der Waals surface area contributed by atoms with Crippen LogP contribution in [-0.4, -0.2) is 0 Å². The van der Waals surface area contributed by atoms with Crippen molar-refractivity contribution in [2.24, 2.45) is 0 Å². The first kappa shape index (κ1) is 63.2. The second-order valence-electron chi connectivity index (χ2n) is 22.3. The van der Waals surface area contributed by atoms with Gasteiger partial charge in [0.1, 0.15) is 0 Å². The van der Waals surface area contributed by atoms with Crippen LogP contribution in [0.5, 0.6) is 0 Å². The maximum absolute atomic E-state index is 2.52. The Kier molecular flexibility index (Phi) is 52.8. The average molecular weight is 920 g/mol. The Morgan fingerprint density at radius 2 is 0.333 bits per heavy atom. The van der Waals surface area contributed by atoms with Gasteiger partial charge in [-0.15, -0.1) is 0 Å². The molecule has 0 aliphatic carbocycles. The van der Waals surface area contributed by atoms with Crippen LogP contribution in [0.3, 0.4) is 0 Å². The second-order valence-corrected chi connectivity index (χ2v) is 22.3. The zero-order chi connectivity index (χ0) is 47.2. The fraction of sp³-hybridized carbons (Fsp3) is 0.909. The minimum absolute atomic E-state index is 1.32. The summed E-state index contributed by atoms with van der Waals surface area (Å²) in [6, 6.07) is 7.47. The molecule has 66 heavy (non-hydrogen) atoms. The monoisotopic (exact) mass is 919 g/mol. The SMILES string of the molecule is CCCCCCCCCCCCCCCCCCCCc1cccc(CCCCCCCCCCCCCCCCCCCC)c1CCCCCCCCCCCCCCCCCCCC. The smallest absolute Gasteiger partial charge is 0.0273 e. The average Bonchev–Trinajstić information content (AvgIpc) is 3.33. The van der Waals surface area contributed by atoms with Crippen LogP contribution in [0.25, 0.3) is 0 Å². The number of benzene rings is 1. The highest BCUT2D eigenvalue weighted by atomic mass is 14.1. The molecule has 390 valence electrons. The topological polar surface area (TPSA) is 0 Å². The largest absolute Gasteiger partial charge is 0.0654 e. The van der Waals surface area contributed by atoms with Crippen molar-refractivity contribution in [2.75, 3.05) is 0 Å². The zero-order valence-electron chi connectivity index (χ0n) is 46.5. The second kappa shape index (κ2) is 55.2. The van der Waals surface area contributed by atoms with Crippen molar-refractivity contribution in [3.05, 3.63) is 34.9 Å². The minimum atomic E-state index is 1.32. The summed E-state index contributed by atoms with van der Waals surface area (Å²) in [4.78, 5) is 0. The van der Waals surface area contributed by atoms with Gasteiger partial charge in [0.15, 0.2) is 0 Å². The molecule has 0 unspecified atom stereocenters. The summed E-state index contributed by atoms with van der Waals surface area (Å²) in [6.45, 7) is 6.96. The number of rotatable bonds is 57. The summed E-state index contributed by atoms with van der Waals surface area (Å²) in [5, 5.41) is 0. The molecule has 0 aliphatic rings. The summed E-state index contributed by atoms with van der Waals surface area (Å²) in [6.07, 6.45) is 82.8. The molecule has 0 radical (unpaired) electrons. The van der Waals surface area contributed by atoms with Gasteiger partial charge in [-0.3, -0.25) is 0 Å². The predicted molar refractivity (Wildman–Crippen MR) is 304 cm³/mol. The third-order valence-corrected chi connectivity index (χ3v) is 15.7. The quantitative estimate of drug-likeness (QED) is 0.0571. The van der Waals surface area contributed by atoms with Gasteiger partial charge in [0.05, 0.1) is 0 Å². The Morgan fingerprint density at radius 1 is 0.182 bits per heavy atom. The van der Waals surface area contributed by atoms with Crippen LogP contribution < -0.4 is 0 Å². The first-order valence-electron chi connectivity index (χ1n) is 31.9. The third kappa shape index (κ3) is 45.7. The van der Waals surface area contributed by atoms with E-state index in [1.165, 1.54) is 366 Å². The molecule has 0 saturated carbocycles. The van der Waals surface area contributed by atoms with Crippen LogP contribution >= 0.6 is 0 Å². The fourth-order valence-electron chi connectivity index (χ4n) is 11.1. The lowest BCUT2D eigenvalue weighted by Gasteiger charge is -2.16. The molecule has 0 nitrogen and oxygen atoms in total.